The fourth-order valence-corrected chi connectivity index (χ4v) is 1.49. The first-order valence-corrected chi connectivity index (χ1v) is 4.77. The molecule has 0 aromatic heterocycles. The monoisotopic (exact) mass is 197 g/mol. The summed E-state index contributed by atoms with van der Waals surface area (Å²) in [4.78, 5) is 0. The Labute approximate surface area is 81.9 Å². The summed E-state index contributed by atoms with van der Waals surface area (Å²) in [5.41, 5.74) is 5.92. The Bertz CT molecular complexity index is 317. The van der Waals surface area contributed by atoms with Gasteiger partial charge in [0.25, 0.3) is 0 Å². The average molecular weight is 197 g/mol. The van der Waals surface area contributed by atoms with Gasteiger partial charge >= 0.3 is 0 Å². The number of hydrogen-bond donors (Lipinski definition) is 1. The van der Waals surface area contributed by atoms with Crippen LogP contribution in [0.5, 0.6) is 0 Å². The molecule has 2 rings (SSSR count). The molecule has 0 saturated heterocycles. The maximum Gasteiger partial charge on any atom is 0.123 e. The smallest absolute Gasteiger partial charge is 0.123 e. The number of alkyl halides is 1. The molecular formula is C11H13F2N. The predicted octanol–water partition coefficient (Wildman–Crippen LogP) is 2.20. The van der Waals surface area contributed by atoms with Crippen molar-refractivity contribution >= 4 is 0 Å². The summed E-state index contributed by atoms with van der Waals surface area (Å²) in [6, 6.07) is 5.90. The van der Waals surface area contributed by atoms with Crippen molar-refractivity contribution < 1.29 is 8.78 Å². The summed E-state index contributed by atoms with van der Waals surface area (Å²) >= 11 is 0. The summed E-state index contributed by atoms with van der Waals surface area (Å²) in [7, 11) is 0. The molecule has 1 aliphatic carbocycles. The van der Waals surface area contributed by atoms with Crippen molar-refractivity contribution in [3.05, 3.63) is 35.6 Å². The first-order chi connectivity index (χ1) is 6.60. The Morgan fingerprint density at radius 3 is 2.36 bits per heavy atom. The molecule has 1 aliphatic rings. The lowest BCUT2D eigenvalue weighted by Gasteiger charge is -2.14. The molecule has 76 valence electrons. The van der Waals surface area contributed by atoms with Gasteiger partial charge in [-0.15, -0.1) is 0 Å². The molecule has 0 spiro atoms. The number of benzene rings is 1. The van der Waals surface area contributed by atoms with Crippen LogP contribution in [0.25, 0.3) is 0 Å². The van der Waals surface area contributed by atoms with Gasteiger partial charge in [0.15, 0.2) is 0 Å². The Morgan fingerprint density at radius 1 is 1.29 bits per heavy atom. The molecule has 1 unspecified atom stereocenters. The lowest BCUT2D eigenvalue weighted by Crippen LogP contribution is -2.35. The van der Waals surface area contributed by atoms with E-state index in [2.05, 4.69) is 0 Å². The van der Waals surface area contributed by atoms with Gasteiger partial charge in [-0.1, -0.05) is 12.1 Å². The van der Waals surface area contributed by atoms with E-state index in [1.807, 2.05) is 0 Å². The Hall–Kier alpha value is -0.960. The molecule has 1 aromatic rings. The maximum absolute atomic E-state index is 13.5. The van der Waals surface area contributed by atoms with Gasteiger partial charge in [-0.2, -0.15) is 0 Å². The van der Waals surface area contributed by atoms with Crippen molar-refractivity contribution in [2.24, 2.45) is 5.73 Å². The summed E-state index contributed by atoms with van der Waals surface area (Å²) in [6.07, 6.45) is 0.801. The van der Waals surface area contributed by atoms with Crippen LogP contribution in [0, 0.1) is 5.82 Å². The predicted molar refractivity (Wildman–Crippen MR) is 51.2 cm³/mol. The summed E-state index contributed by atoms with van der Waals surface area (Å²) in [5.74, 6) is -0.293. The zero-order valence-electron chi connectivity index (χ0n) is 7.84. The van der Waals surface area contributed by atoms with Gasteiger partial charge in [0.05, 0.1) is 0 Å². The molecule has 0 bridgehead atoms. The van der Waals surface area contributed by atoms with Crippen LogP contribution in [0.4, 0.5) is 8.78 Å². The Morgan fingerprint density at radius 2 is 1.86 bits per heavy atom. The fraction of sp³-hybridized carbons (Fsp3) is 0.455. The van der Waals surface area contributed by atoms with Crippen molar-refractivity contribution in [2.45, 2.75) is 31.0 Å². The summed E-state index contributed by atoms with van der Waals surface area (Å²) < 4.78 is 26.1. The summed E-state index contributed by atoms with van der Waals surface area (Å²) in [5, 5.41) is 0. The van der Waals surface area contributed by atoms with E-state index < -0.39 is 11.7 Å². The second kappa shape index (κ2) is 3.31. The lowest BCUT2D eigenvalue weighted by molar-refractivity contribution is 0.266. The zero-order chi connectivity index (χ0) is 10.2. The molecule has 14 heavy (non-hydrogen) atoms. The van der Waals surface area contributed by atoms with E-state index in [0.717, 1.165) is 18.4 Å². The Kier molecular flexibility index (Phi) is 2.27. The minimum atomic E-state index is -1.01. The van der Waals surface area contributed by atoms with E-state index in [9.17, 15) is 8.78 Å². The third-order valence-corrected chi connectivity index (χ3v) is 2.78. The molecule has 0 amide bonds. The highest BCUT2D eigenvalue weighted by Gasteiger charge is 2.46. The first-order valence-electron chi connectivity index (χ1n) is 4.77. The quantitative estimate of drug-likeness (QED) is 0.789. The van der Waals surface area contributed by atoms with Crippen molar-refractivity contribution in [1.82, 2.24) is 0 Å². The van der Waals surface area contributed by atoms with E-state index in [-0.39, 0.29) is 12.2 Å². The standard InChI is InChI=1S/C11H13F2N/c12-9-3-1-8(2-4-9)7-10(13)11(14)5-6-11/h1-4,10H,5-7,14H2. The fourth-order valence-electron chi connectivity index (χ4n) is 1.49. The lowest BCUT2D eigenvalue weighted by atomic mass is 10.0. The van der Waals surface area contributed by atoms with Crippen LogP contribution in [-0.2, 0) is 6.42 Å². The van der Waals surface area contributed by atoms with E-state index in [4.69, 9.17) is 5.73 Å². The van der Waals surface area contributed by atoms with Crippen LogP contribution in [0.1, 0.15) is 18.4 Å². The van der Waals surface area contributed by atoms with Crippen LogP contribution in [0.2, 0.25) is 0 Å². The first kappa shape index (κ1) is 9.59. The second-order valence-corrected chi connectivity index (χ2v) is 4.03. The topological polar surface area (TPSA) is 26.0 Å². The zero-order valence-corrected chi connectivity index (χ0v) is 7.84. The summed E-state index contributed by atoms with van der Waals surface area (Å²) in [6.45, 7) is 0. The molecule has 1 saturated carbocycles. The van der Waals surface area contributed by atoms with Crippen molar-refractivity contribution in [3.8, 4) is 0 Å². The second-order valence-electron chi connectivity index (χ2n) is 4.03. The molecule has 1 fully saturated rings. The average Bonchev–Trinajstić information content (AvgIpc) is 2.89. The molecule has 3 heteroatoms. The highest BCUT2D eigenvalue weighted by atomic mass is 19.1. The molecular weight excluding hydrogens is 184 g/mol. The van der Waals surface area contributed by atoms with Crippen molar-refractivity contribution in [1.29, 1.82) is 0 Å². The van der Waals surface area contributed by atoms with E-state index in [1.165, 1.54) is 12.1 Å². The van der Waals surface area contributed by atoms with Gasteiger partial charge in [-0.25, -0.2) is 8.78 Å². The molecule has 0 heterocycles. The van der Waals surface area contributed by atoms with Crippen LogP contribution in [0.3, 0.4) is 0 Å². The maximum atomic E-state index is 13.5. The SMILES string of the molecule is NC1(C(F)Cc2ccc(F)cc2)CC1. The highest BCUT2D eigenvalue weighted by Crippen LogP contribution is 2.38. The normalized spacial score (nSPS) is 20.5. The number of hydrogen-bond acceptors (Lipinski definition) is 1. The van der Waals surface area contributed by atoms with Gasteiger partial charge in [0.1, 0.15) is 12.0 Å². The number of halogens is 2. The highest BCUT2D eigenvalue weighted by molar-refractivity contribution is 5.19. The van der Waals surface area contributed by atoms with E-state index in [0.29, 0.717) is 0 Å². The van der Waals surface area contributed by atoms with E-state index >= 15 is 0 Å². The largest absolute Gasteiger partial charge is 0.323 e. The van der Waals surface area contributed by atoms with Crippen molar-refractivity contribution in [3.63, 3.8) is 0 Å². The van der Waals surface area contributed by atoms with Crippen LogP contribution >= 0.6 is 0 Å². The van der Waals surface area contributed by atoms with E-state index in [1.54, 1.807) is 12.1 Å². The molecule has 1 atom stereocenters. The molecule has 1 nitrogen and oxygen atoms in total. The van der Waals surface area contributed by atoms with Crippen molar-refractivity contribution in [2.75, 3.05) is 0 Å². The van der Waals surface area contributed by atoms with Crippen LogP contribution in [0.15, 0.2) is 24.3 Å². The van der Waals surface area contributed by atoms with Crippen LogP contribution in [-0.4, -0.2) is 11.7 Å². The van der Waals surface area contributed by atoms with Gasteiger partial charge < -0.3 is 5.73 Å². The molecule has 0 radical (unpaired) electrons. The minimum absolute atomic E-state index is 0.288. The molecule has 1 aromatic carbocycles. The Balaban J connectivity index is 2.00. The third-order valence-electron chi connectivity index (χ3n) is 2.78. The molecule has 0 aliphatic heterocycles. The third kappa shape index (κ3) is 1.93. The molecule has 2 N–H and O–H groups in total. The van der Waals surface area contributed by atoms with Gasteiger partial charge in [0.2, 0.25) is 0 Å². The minimum Gasteiger partial charge on any atom is -0.323 e. The van der Waals surface area contributed by atoms with Crippen LogP contribution < -0.4 is 5.73 Å². The van der Waals surface area contributed by atoms with Gasteiger partial charge in [-0.3, -0.25) is 0 Å². The number of nitrogens with two attached hydrogens (primary N) is 1. The van der Waals surface area contributed by atoms with Gasteiger partial charge in [0, 0.05) is 12.0 Å². The van der Waals surface area contributed by atoms with Gasteiger partial charge in [-0.05, 0) is 30.5 Å². The number of rotatable bonds is 3.